The number of carboxylic acid groups (broad SMARTS) is 1. The summed E-state index contributed by atoms with van der Waals surface area (Å²) >= 11 is 0. The fourth-order valence-electron chi connectivity index (χ4n) is 6.77. The Hall–Kier alpha value is -2.97. The Morgan fingerprint density at radius 3 is 2.10 bits per heavy atom. The molecule has 0 fully saturated rings. The van der Waals surface area contributed by atoms with Crippen molar-refractivity contribution in [1.82, 2.24) is 0 Å². The van der Waals surface area contributed by atoms with E-state index in [1.165, 1.54) is 0 Å². The molecule has 0 bridgehead atoms. The third kappa shape index (κ3) is 12.0. The van der Waals surface area contributed by atoms with Crippen LogP contribution in [0, 0.1) is 0 Å². The van der Waals surface area contributed by atoms with Crippen LogP contribution in [0.2, 0.25) is 0 Å². The summed E-state index contributed by atoms with van der Waals surface area (Å²) in [6, 6.07) is 16.3. The first kappa shape index (κ1) is 43.4. The molecule has 2 N–H and O–H groups in total. The van der Waals surface area contributed by atoms with Crippen LogP contribution in [0.15, 0.2) is 84.6 Å². The van der Waals surface area contributed by atoms with Gasteiger partial charge < -0.3 is 33.4 Å². The Labute approximate surface area is 311 Å². The quantitative estimate of drug-likeness (QED) is 0.0790. The summed E-state index contributed by atoms with van der Waals surface area (Å²) in [5.74, 6) is -0.813. The van der Waals surface area contributed by atoms with E-state index in [-0.39, 0.29) is 24.2 Å². The van der Waals surface area contributed by atoms with Gasteiger partial charge in [0.15, 0.2) is 0 Å². The van der Waals surface area contributed by atoms with E-state index in [9.17, 15) is 19.0 Å². The molecule has 0 aromatic heterocycles. The summed E-state index contributed by atoms with van der Waals surface area (Å²) in [4.78, 5) is 13.6. The van der Waals surface area contributed by atoms with Crippen molar-refractivity contribution in [2.24, 2.45) is 0 Å². The van der Waals surface area contributed by atoms with Crippen LogP contribution >= 0.6 is 15.2 Å². The molecule has 0 amide bonds. The van der Waals surface area contributed by atoms with Crippen molar-refractivity contribution in [3.8, 4) is 0 Å². The van der Waals surface area contributed by atoms with E-state index >= 15 is 0 Å². The zero-order valence-electron chi connectivity index (χ0n) is 32.1. The number of rotatable bonds is 24. The monoisotopic (exact) mass is 758 g/mol. The van der Waals surface area contributed by atoms with Crippen molar-refractivity contribution in [2.75, 3.05) is 62.1 Å². The number of benzene rings is 2. The standard InChI is InChI=1S/C40H60N2O8P2/c1-8-47-51(45,48-9-2)31-29-41-35-23-17-15-21-33(35)39(5,6)27-19-13-12-14-25-37-40(7,28-20-26-38(43)44)34-22-16-18-24-36(34)42(37)30-32-52(46,49-10-3)50-11-4/h12-19,21-25,41H,8-11,20,26-32H2,1-7H3,(H,43,44)/b14-12+,19-13+,37-25+. The Kier molecular flexibility index (Phi) is 17.1. The first-order chi connectivity index (χ1) is 24.8. The molecule has 0 saturated heterocycles. The molecule has 52 heavy (non-hydrogen) atoms. The van der Waals surface area contributed by atoms with Gasteiger partial charge in [0.1, 0.15) is 0 Å². The van der Waals surface area contributed by atoms with Crippen LogP contribution in [0.5, 0.6) is 0 Å². The second-order valence-electron chi connectivity index (χ2n) is 13.5. The van der Waals surface area contributed by atoms with Crippen molar-refractivity contribution < 1.29 is 37.1 Å². The zero-order valence-corrected chi connectivity index (χ0v) is 33.9. The zero-order chi connectivity index (χ0) is 38.3. The minimum Gasteiger partial charge on any atom is -0.481 e. The average molecular weight is 759 g/mol. The minimum absolute atomic E-state index is 0.0866. The van der Waals surface area contributed by atoms with Gasteiger partial charge in [-0.2, -0.15) is 0 Å². The van der Waals surface area contributed by atoms with Gasteiger partial charge in [0.25, 0.3) is 0 Å². The third-order valence-electron chi connectivity index (χ3n) is 9.21. The van der Waals surface area contributed by atoms with Gasteiger partial charge in [-0.1, -0.05) is 74.5 Å². The number of aliphatic carboxylic acids is 1. The molecule has 0 radical (unpaired) electrons. The highest BCUT2D eigenvalue weighted by Crippen LogP contribution is 2.53. The molecule has 0 aliphatic carbocycles. The lowest BCUT2D eigenvalue weighted by Crippen LogP contribution is -2.31. The number of fused-ring (bicyclic) bond motifs is 1. The highest BCUT2D eigenvalue weighted by Gasteiger charge is 2.43. The maximum absolute atomic E-state index is 13.5. The Bertz CT molecular complexity index is 1620. The highest BCUT2D eigenvalue weighted by molar-refractivity contribution is 7.54. The van der Waals surface area contributed by atoms with Gasteiger partial charge in [-0.3, -0.25) is 13.9 Å². The number of hydrogen-bond donors (Lipinski definition) is 2. The predicted molar refractivity (Wildman–Crippen MR) is 213 cm³/mol. The van der Waals surface area contributed by atoms with Crippen LogP contribution in [0.4, 0.5) is 11.4 Å². The Morgan fingerprint density at radius 1 is 0.865 bits per heavy atom. The molecular formula is C40H60N2O8P2. The number of nitrogens with one attached hydrogen (secondary N) is 1. The summed E-state index contributed by atoms with van der Waals surface area (Å²) in [6.45, 7) is 16.0. The third-order valence-corrected chi connectivity index (χ3v) is 13.3. The first-order valence-electron chi connectivity index (χ1n) is 18.5. The molecule has 1 aliphatic heterocycles. The molecule has 1 atom stereocenters. The molecule has 2 aromatic rings. The van der Waals surface area contributed by atoms with Crippen LogP contribution in [-0.2, 0) is 42.8 Å². The fourth-order valence-corrected chi connectivity index (χ4v) is 9.84. The van der Waals surface area contributed by atoms with Crippen LogP contribution in [0.1, 0.15) is 85.3 Å². The molecule has 1 aliphatic rings. The van der Waals surface area contributed by atoms with E-state index in [0.29, 0.717) is 52.4 Å². The van der Waals surface area contributed by atoms with Gasteiger partial charge in [0, 0.05) is 42.0 Å². The van der Waals surface area contributed by atoms with E-state index in [4.69, 9.17) is 18.1 Å². The van der Waals surface area contributed by atoms with Crippen molar-refractivity contribution >= 4 is 32.5 Å². The first-order valence-corrected chi connectivity index (χ1v) is 22.0. The molecule has 3 rings (SSSR count). The van der Waals surface area contributed by atoms with E-state index in [1.807, 2.05) is 76.3 Å². The van der Waals surface area contributed by atoms with Gasteiger partial charge >= 0.3 is 21.2 Å². The van der Waals surface area contributed by atoms with Gasteiger partial charge in [0.05, 0.1) is 38.8 Å². The van der Waals surface area contributed by atoms with Crippen molar-refractivity contribution in [3.05, 3.63) is 95.7 Å². The van der Waals surface area contributed by atoms with Gasteiger partial charge in [-0.25, -0.2) is 0 Å². The number of allylic oxidation sites excluding steroid dienone is 6. The van der Waals surface area contributed by atoms with Crippen LogP contribution in [0.25, 0.3) is 0 Å². The maximum atomic E-state index is 13.5. The summed E-state index contributed by atoms with van der Waals surface area (Å²) in [5, 5.41) is 12.9. The Balaban J connectivity index is 1.82. The molecule has 1 heterocycles. The van der Waals surface area contributed by atoms with Crippen LogP contribution in [-0.4, -0.2) is 62.9 Å². The number of carboxylic acids is 1. The van der Waals surface area contributed by atoms with Gasteiger partial charge in [-0.15, -0.1) is 0 Å². The number of anilines is 2. The number of para-hydroxylation sites is 2. The van der Waals surface area contributed by atoms with Gasteiger partial charge in [-0.05, 0) is 88.6 Å². The van der Waals surface area contributed by atoms with E-state index < -0.39 is 26.6 Å². The van der Waals surface area contributed by atoms with Gasteiger partial charge in [0.2, 0.25) is 0 Å². The van der Waals surface area contributed by atoms with Crippen LogP contribution in [0.3, 0.4) is 0 Å². The SMILES string of the molecule is CCOP(=O)(CCNc1ccccc1C(C)(C)C/C=C/C=C/C=C1/N(CCP(=O)(OCC)OCC)c2ccccc2C1(C)CCCC(=O)O)OCC. The summed E-state index contributed by atoms with van der Waals surface area (Å²) in [7, 11) is -6.44. The number of hydrogen-bond acceptors (Lipinski definition) is 9. The van der Waals surface area contributed by atoms with Crippen LogP contribution < -0.4 is 10.2 Å². The molecule has 0 spiro atoms. The fraction of sp³-hybridized carbons (Fsp3) is 0.525. The lowest BCUT2D eigenvalue weighted by atomic mass is 9.77. The second-order valence-corrected chi connectivity index (χ2v) is 17.9. The second kappa shape index (κ2) is 20.5. The molecule has 288 valence electrons. The van der Waals surface area contributed by atoms with Crippen molar-refractivity contribution in [3.63, 3.8) is 0 Å². The lowest BCUT2D eigenvalue weighted by Gasteiger charge is -2.31. The molecule has 0 saturated carbocycles. The molecule has 1 unspecified atom stereocenters. The summed E-state index contributed by atoms with van der Waals surface area (Å²) in [6.07, 6.45) is 12.8. The molecule has 10 nitrogen and oxygen atoms in total. The average Bonchev–Trinajstić information content (AvgIpc) is 3.32. The Morgan fingerprint density at radius 2 is 1.46 bits per heavy atom. The molecule has 12 heteroatoms. The largest absolute Gasteiger partial charge is 0.481 e. The maximum Gasteiger partial charge on any atom is 0.332 e. The number of carbonyl (C=O) groups is 1. The van der Waals surface area contributed by atoms with E-state index in [1.54, 1.807) is 0 Å². The molecular weight excluding hydrogens is 698 g/mol. The van der Waals surface area contributed by atoms with E-state index in [0.717, 1.165) is 34.6 Å². The molecule has 2 aromatic carbocycles. The smallest absolute Gasteiger partial charge is 0.332 e. The number of nitrogens with zero attached hydrogens (tertiary/aromatic N) is 1. The summed E-state index contributed by atoms with van der Waals surface area (Å²) < 4.78 is 48.6. The normalized spacial score (nSPS) is 17.4. The minimum atomic E-state index is -3.30. The van der Waals surface area contributed by atoms with E-state index in [2.05, 4.69) is 61.3 Å². The summed E-state index contributed by atoms with van der Waals surface area (Å²) in [5.41, 5.74) is 4.65. The topological polar surface area (TPSA) is 124 Å². The lowest BCUT2D eigenvalue weighted by molar-refractivity contribution is -0.137. The van der Waals surface area contributed by atoms with Crippen molar-refractivity contribution in [1.29, 1.82) is 0 Å². The predicted octanol–water partition coefficient (Wildman–Crippen LogP) is 10.3. The van der Waals surface area contributed by atoms with Crippen molar-refractivity contribution in [2.45, 2.75) is 85.0 Å². The highest BCUT2D eigenvalue weighted by atomic mass is 31.2.